The Kier molecular flexibility index (Phi) is 4.32. The Morgan fingerprint density at radius 2 is 2.00 bits per heavy atom. The zero-order valence-corrected chi connectivity index (χ0v) is 9.60. The lowest BCUT2D eigenvalue weighted by atomic mass is 10.3. The van der Waals surface area contributed by atoms with Gasteiger partial charge < -0.3 is 4.90 Å². The topological polar surface area (TPSA) is 37.4 Å². The molecule has 1 rings (SSSR count). The Hall–Kier alpha value is -0.640. The van der Waals surface area contributed by atoms with Gasteiger partial charge in [-0.25, -0.2) is 0 Å². The van der Waals surface area contributed by atoms with Crippen LogP contribution in [0.5, 0.6) is 0 Å². The van der Waals surface area contributed by atoms with Gasteiger partial charge in [0.2, 0.25) is 5.91 Å². The molecule has 1 heterocycles. The summed E-state index contributed by atoms with van der Waals surface area (Å²) in [5, 5.41) is 0. The molecule has 0 aromatic heterocycles. The van der Waals surface area contributed by atoms with Gasteiger partial charge >= 0.3 is 0 Å². The van der Waals surface area contributed by atoms with Crippen molar-refractivity contribution in [2.24, 2.45) is 0 Å². The van der Waals surface area contributed by atoms with Crippen LogP contribution in [0.2, 0.25) is 0 Å². The molecule has 0 radical (unpaired) electrons. The fourth-order valence-corrected chi connectivity index (χ4v) is 2.48. The molecule has 1 unspecified atom stereocenters. The predicted octanol–water partition coefficient (Wildman–Crippen LogP) is 0.934. The van der Waals surface area contributed by atoms with E-state index in [-0.39, 0.29) is 5.91 Å². The quantitative estimate of drug-likeness (QED) is 0.610. The van der Waals surface area contributed by atoms with Crippen molar-refractivity contribution >= 4 is 16.7 Å². The average molecular weight is 215 g/mol. The highest BCUT2D eigenvalue weighted by Crippen LogP contribution is 2.03. The first-order valence-corrected chi connectivity index (χ1v) is 6.37. The van der Waals surface area contributed by atoms with Gasteiger partial charge in [0, 0.05) is 41.5 Å². The van der Waals surface area contributed by atoms with Gasteiger partial charge in [-0.3, -0.25) is 9.00 Å². The maximum atomic E-state index is 11.6. The average Bonchev–Trinajstić information content (AvgIpc) is 2.28. The maximum absolute atomic E-state index is 11.6. The number of hydrogen-bond donors (Lipinski definition) is 0. The molecule has 80 valence electrons. The molecular weight excluding hydrogens is 198 g/mol. The number of hydrogen-bond acceptors (Lipinski definition) is 2. The first-order valence-electron chi connectivity index (χ1n) is 4.88. The second kappa shape index (κ2) is 5.29. The normalized spacial score (nSPS) is 22.7. The summed E-state index contributed by atoms with van der Waals surface area (Å²) in [5.41, 5.74) is 1.01. The molecule has 0 bridgehead atoms. The van der Waals surface area contributed by atoms with Crippen LogP contribution >= 0.6 is 0 Å². The molecule has 1 aliphatic rings. The lowest BCUT2D eigenvalue weighted by molar-refractivity contribution is -0.125. The van der Waals surface area contributed by atoms with Crippen LogP contribution in [0.4, 0.5) is 0 Å². The van der Waals surface area contributed by atoms with Gasteiger partial charge in [-0.1, -0.05) is 5.57 Å². The summed E-state index contributed by atoms with van der Waals surface area (Å²) >= 11 is 0. The van der Waals surface area contributed by atoms with Gasteiger partial charge in [-0.05, 0) is 20.3 Å². The SMILES string of the molecule is CC(C)=CC(=O)N1CCCS(=O)CC1. The third kappa shape index (κ3) is 3.62. The van der Waals surface area contributed by atoms with Crippen molar-refractivity contribution < 1.29 is 9.00 Å². The van der Waals surface area contributed by atoms with Crippen LogP contribution < -0.4 is 0 Å². The second-order valence-electron chi connectivity index (χ2n) is 3.75. The zero-order valence-electron chi connectivity index (χ0n) is 8.78. The van der Waals surface area contributed by atoms with Crippen LogP contribution in [0.1, 0.15) is 20.3 Å². The van der Waals surface area contributed by atoms with E-state index < -0.39 is 10.8 Å². The predicted molar refractivity (Wildman–Crippen MR) is 58.5 cm³/mol. The number of nitrogens with zero attached hydrogens (tertiary/aromatic N) is 1. The highest BCUT2D eigenvalue weighted by atomic mass is 32.2. The molecule has 0 aromatic rings. The molecule has 0 spiro atoms. The number of allylic oxidation sites excluding steroid dienone is 1. The number of amides is 1. The largest absolute Gasteiger partial charge is 0.338 e. The number of carbonyl (C=O) groups excluding carboxylic acids is 1. The molecule has 1 saturated heterocycles. The summed E-state index contributed by atoms with van der Waals surface area (Å²) in [5.74, 6) is 1.42. The van der Waals surface area contributed by atoms with E-state index in [4.69, 9.17) is 0 Å². The van der Waals surface area contributed by atoms with E-state index >= 15 is 0 Å². The van der Waals surface area contributed by atoms with E-state index in [1.165, 1.54) is 0 Å². The first kappa shape index (κ1) is 11.4. The zero-order chi connectivity index (χ0) is 10.6. The van der Waals surface area contributed by atoms with E-state index in [1.807, 2.05) is 13.8 Å². The molecule has 0 aliphatic carbocycles. The van der Waals surface area contributed by atoms with Crippen molar-refractivity contribution in [2.45, 2.75) is 20.3 Å². The van der Waals surface area contributed by atoms with Gasteiger partial charge in [-0.2, -0.15) is 0 Å². The highest BCUT2D eigenvalue weighted by molar-refractivity contribution is 7.85. The highest BCUT2D eigenvalue weighted by Gasteiger charge is 2.16. The van der Waals surface area contributed by atoms with E-state index in [1.54, 1.807) is 11.0 Å². The molecule has 0 saturated carbocycles. The third-order valence-corrected chi connectivity index (χ3v) is 3.49. The van der Waals surface area contributed by atoms with Crippen molar-refractivity contribution in [3.05, 3.63) is 11.6 Å². The van der Waals surface area contributed by atoms with Gasteiger partial charge in [0.1, 0.15) is 0 Å². The Bertz CT molecular complexity index is 269. The summed E-state index contributed by atoms with van der Waals surface area (Å²) in [6, 6.07) is 0. The first-order chi connectivity index (χ1) is 6.59. The van der Waals surface area contributed by atoms with Gasteiger partial charge in [0.05, 0.1) is 0 Å². The van der Waals surface area contributed by atoms with Gasteiger partial charge in [0.25, 0.3) is 0 Å². The van der Waals surface area contributed by atoms with Crippen molar-refractivity contribution in [1.29, 1.82) is 0 Å². The Morgan fingerprint density at radius 3 is 2.64 bits per heavy atom. The maximum Gasteiger partial charge on any atom is 0.246 e. The summed E-state index contributed by atoms with van der Waals surface area (Å²) < 4.78 is 11.2. The molecule has 4 heteroatoms. The summed E-state index contributed by atoms with van der Waals surface area (Å²) in [6.07, 6.45) is 2.50. The van der Waals surface area contributed by atoms with Crippen LogP contribution in [0.3, 0.4) is 0 Å². The molecule has 0 N–H and O–H groups in total. The van der Waals surface area contributed by atoms with Crippen LogP contribution in [0.15, 0.2) is 11.6 Å². The van der Waals surface area contributed by atoms with Gasteiger partial charge in [-0.15, -0.1) is 0 Å². The van der Waals surface area contributed by atoms with Crippen LogP contribution in [-0.4, -0.2) is 39.6 Å². The smallest absolute Gasteiger partial charge is 0.246 e. The molecule has 1 amide bonds. The Balaban J connectivity index is 2.55. The van der Waals surface area contributed by atoms with Crippen molar-refractivity contribution in [2.75, 3.05) is 24.6 Å². The van der Waals surface area contributed by atoms with Crippen LogP contribution in [-0.2, 0) is 15.6 Å². The van der Waals surface area contributed by atoms with Crippen LogP contribution in [0, 0.1) is 0 Å². The fraction of sp³-hybridized carbons (Fsp3) is 0.700. The number of carbonyl (C=O) groups is 1. The van der Waals surface area contributed by atoms with E-state index in [9.17, 15) is 9.00 Å². The Morgan fingerprint density at radius 1 is 1.29 bits per heavy atom. The molecule has 0 aromatic carbocycles. The van der Waals surface area contributed by atoms with E-state index in [0.717, 1.165) is 24.3 Å². The summed E-state index contributed by atoms with van der Waals surface area (Å²) in [7, 11) is -0.722. The van der Waals surface area contributed by atoms with Crippen molar-refractivity contribution in [3.8, 4) is 0 Å². The molecule has 1 atom stereocenters. The van der Waals surface area contributed by atoms with Crippen LogP contribution in [0.25, 0.3) is 0 Å². The molecule has 1 aliphatic heterocycles. The number of rotatable bonds is 1. The second-order valence-corrected chi connectivity index (χ2v) is 5.44. The molecule has 14 heavy (non-hydrogen) atoms. The monoisotopic (exact) mass is 215 g/mol. The van der Waals surface area contributed by atoms with Gasteiger partial charge in [0.15, 0.2) is 0 Å². The summed E-state index contributed by atoms with van der Waals surface area (Å²) in [6.45, 7) is 5.20. The van der Waals surface area contributed by atoms with E-state index in [2.05, 4.69) is 0 Å². The molecular formula is C10H17NO2S. The fourth-order valence-electron chi connectivity index (χ4n) is 1.40. The lowest BCUT2D eigenvalue weighted by Gasteiger charge is -2.17. The van der Waals surface area contributed by atoms with E-state index in [0.29, 0.717) is 12.3 Å². The minimum atomic E-state index is -0.722. The third-order valence-electron chi connectivity index (χ3n) is 2.11. The Labute approximate surface area is 87.6 Å². The van der Waals surface area contributed by atoms with Crippen molar-refractivity contribution in [1.82, 2.24) is 4.90 Å². The standard InChI is InChI=1S/C10H17NO2S/c1-9(2)8-10(12)11-4-3-6-14(13)7-5-11/h8H,3-7H2,1-2H3. The van der Waals surface area contributed by atoms with Crippen molar-refractivity contribution in [3.63, 3.8) is 0 Å². The lowest BCUT2D eigenvalue weighted by Crippen LogP contribution is -2.32. The minimum absolute atomic E-state index is 0.0592. The minimum Gasteiger partial charge on any atom is -0.338 e. The molecule has 1 fully saturated rings. The summed E-state index contributed by atoms with van der Waals surface area (Å²) in [4.78, 5) is 13.4. The molecule has 3 nitrogen and oxygen atoms in total.